The Labute approximate surface area is 118 Å². The summed E-state index contributed by atoms with van der Waals surface area (Å²) in [5.41, 5.74) is -0.206. The van der Waals surface area contributed by atoms with Gasteiger partial charge in [0, 0.05) is 6.07 Å². The van der Waals surface area contributed by atoms with Crippen LogP contribution in [0.15, 0.2) is 24.3 Å². The van der Waals surface area contributed by atoms with E-state index < -0.39 is 4.92 Å². The van der Waals surface area contributed by atoms with Crippen molar-refractivity contribution in [2.75, 3.05) is 6.61 Å². The second kappa shape index (κ2) is 6.11. The van der Waals surface area contributed by atoms with Crippen molar-refractivity contribution in [3.63, 3.8) is 0 Å². The molecule has 0 aliphatic rings. The molecule has 1 aromatic carbocycles. The van der Waals surface area contributed by atoms with Crippen molar-refractivity contribution < 1.29 is 14.4 Å². The molecule has 104 valence electrons. The summed E-state index contributed by atoms with van der Waals surface area (Å²) >= 11 is 5.70. The number of ether oxygens (including phenoxy) is 2. The van der Waals surface area contributed by atoms with Crippen molar-refractivity contribution in [2.45, 2.75) is 6.92 Å². The van der Waals surface area contributed by atoms with E-state index in [9.17, 15) is 10.1 Å². The molecule has 2 rings (SSSR count). The molecule has 0 saturated carbocycles. The number of rotatable bonds is 5. The quantitative estimate of drug-likeness (QED) is 0.617. The molecular formula is C11H9ClN4O4. The van der Waals surface area contributed by atoms with Gasteiger partial charge in [0.25, 0.3) is 0 Å². The average molecular weight is 297 g/mol. The zero-order valence-electron chi connectivity index (χ0n) is 10.3. The molecule has 0 aliphatic carbocycles. The van der Waals surface area contributed by atoms with Crippen LogP contribution in [0.5, 0.6) is 17.8 Å². The molecular weight excluding hydrogens is 288 g/mol. The Morgan fingerprint density at radius 3 is 2.65 bits per heavy atom. The van der Waals surface area contributed by atoms with Gasteiger partial charge in [0.05, 0.1) is 11.5 Å². The summed E-state index contributed by atoms with van der Waals surface area (Å²) in [7, 11) is 0. The van der Waals surface area contributed by atoms with Gasteiger partial charge in [-0.05, 0) is 24.6 Å². The smallest absolute Gasteiger partial charge is 0.329 e. The van der Waals surface area contributed by atoms with Gasteiger partial charge in [-0.3, -0.25) is 10.1 Å². The molecule has 0 amide bonds. The first-order chi connectivity index (χ1) is 9.60. The zero-order chi connectivity index (χ0) is 14.5. The van der Waals surface area contributed by atoms with E-state index in [-0.39, 0.29) is 28.7 Å². The molecule has 8 nitrogen and oxygen atoms in total. The van der Waals surface area contributed by atoms with Gasteiger partial charge in [0.15, 0.2) is 0 Å². The minimum absolute atomic E-state index is 0.00205. The van der Waals surface area contributed by atoms with Crippen LogP contribution in [-0.2, 0) is 0 Å². The van der Waals surface area contributed by atoms with Crippen LogP contribution in [0.4, 0.5) is 5.69 Å². The van der Waals surface area contributed by atoms with Gasteiger partial charge in [0.1, 0.15) is 0 Å². The lowest BCUT2D eigenvalue weighted by atomic mass is 10.3. The maximum Gasteiger partial charge on any atom is 0.329 e. The van der Waals surface area contributed by atoms with Crippen LogP contribution in [0, 0.1) is 10.1 Å². The van der Waals surface area contributed by atoms with E-state index in [1.807, 2.05) is 0 Å². The van der Waals surface area contributed by atoms with E-state index in [1.54, 1.807) is 13.0 Å². The standard InChI is InChI=1S/C11H9ClN4O4/c1-2-19-10-13-9(12)14-11(15-10)20-8-6-4-3-5-7(8)16(17)18/h3-6H,2H2,1H3. The fraction of sp³-hybridized carbons (Fsp3) is 0.182. The number of para-hydroxylation sites is 2. The van der Waals surface area contributed by atoms with Crippen LogP contribution in [-0.4, -0.2) is 26.5 Å². The lowest BCUT2D eigenvalue weighted by Crippen LogP contribution is -2.02. The highest BCUT2D eigenvalue weighted by Crippen LogP contribution is 2.29. The number of benzene rings is 1. The van der Waals surface area contributed by atoms with E-state index in [0.29, 0.717) is 6.61 Å². The lowest BCUT2D eigenvalue weighted by molar-refractivity contribution is -0.385. The van der Waals surface area contributed by atoms with E-state index in [2.05, 4.69) is 15.0 Å². The Kier molecular flexibility index (Phi) is 4.26. The molecule has 0 bridgehead atoms. The molecule has 2 aromatic rings. The third-order valence-corrected chi connectivity index (χ3v) is 2.27. The fourth-order valence-corrected chi connectivity index (χ4v) is 1.49. The van der Waals surface area contributed by atoms with Crippen LogP contribution in [0.2, 0.25) is 5.28 Å². The van der Waals surface area contributed by atoms with Crippen LogP contribution >= 0.6 is 11.6 Å². The van der Waals surface area contributed by atoms with Crippen LogP contribution in [0.1, 0.15) is 6.92 Å². The second-order valence-electron chi connectivity index (χ2n) is 3.43. The third-order valence-electron chi connectivity index (χ3n) is 2.10. The number of aromatic nitrogens is 3. The predicted molar refractivity (Wildman–Crippen MR) is 69.2 cm³/mol. The number of hydrogen-bond acceptors (Lipinski definition) is 7. The lowest BCUT2D eigenvalue weighted by Gasteiger charge is -2.06. The molecule has 0 spiro atoms. The van der Waals surface area contributed by atoms with Gasteiger partial charge in [-0.15, -0.1) is 4.98 Å². The average Bonchev–Trinajstić information content (AvgIpc) is 2.38. The largest absolute Gasteiger partial charge is 0.464 e. The van der Waals surface area contributed by atoms with E-state index in [0.717, 1.165) is 0 Å². The Balaban J connectivity index is 2.32. The van der Waals surface area contributed by atoms with Crippen LogP contribution in [0.3, 0.4) is 0 Å². The minimum atomic E-state index is -0.568. The van der Waals surface area contributed by atoms with Crippen molar-refractivity contribution in [3.8, 4) is 17.8 Å². The topological polar surface area (TPSA) is 100 Å². The summed E-state index contributed by atoms with van der Waals surface area (Å²) in [5.74, 6) is 0.00205. The third kappa shape index (κ3) is 3.29. The van der Waals surface area contributed by atoms with Crippen molar-refractivity contribution in [1.82, 2.24) is 15.0 Å². The number of halogens is 1. The molecule has 0 fully saturated rings. The first kappa shape index (κ1) is 13.9. The molecule has 0 atom stereocenters. The van der Waals surface area contributed by atoms with E-state index >= 15 is 0 Å². The van der Waals surface area contributed by atoms with Crippen LogP contribution < -0.4 is 9.47 Å². The molecule has 9 heteroatoms. The van der Waals surface area contributed by atoms with Crippen molar-refractivity contribution in [1.29, 1.82) is 0 Å². The maximum absolute atomic E-state index is 10.9. The number of nitro groups is 1. The molecule has 0 aliphatic heterocycles. The van der Waals surface area contributed by atoms with Gasteiger partial charge in [-0.1, -0.05) is 12.1 Å². The molecule has 1 heterocycles. The number of hydrogen-bond donors (Lipinski definition) is 0. The van der Waals surface area contributed by atoms with Gasteiger partial charge >= 0.3 is 17.7 Å². The highest BCUT2D eigenvalue weighted by molar-refractivity contribution is 6.28. The summed E-state index contributed by atoms with van der Waals surface area (Å²) in [6.07, 6.45) is 0. The Bertz CT molecular complexity index is 638. The number of nitrogens with zero attached hydrogens (tertiary/aromatic N) is 4. The highest BCUT2D eigenvalue weighted by Gasteiger charge is 2.16. The molecule has 1 aromatic heterocycles. The summed E-state index contributed by atoms with van der Waals surface area (Å²) in [4.78, 5) is 21.6. The normalized spacial score (nSPS) is 10.1. The summed E-state index contributed by atoms with van der Waals surface area (Å²) in [6.45, 7) is 2.09. The van der Waals surface area contributed by atoms with Gasteiger partial charge in [-0.2, -0.15) is 9.97 Å². The minimum Gasteiger partial charge on any atom is -0.464 e. The SMILES string of the molecule is CCOc1nc(Cl)nc(Oc2ccccc2[N+](=O)[O-])n1. The molecule has 20 heavy (non-hydrogen) atoms. The van der Waals surface area contributed by atoms with E-state index in [4.69, 9.17) is 21.1 Å². The van der Waals surface area contributed by atoms with Crippen molar-refractivity contribution in [3.05, 3.63) is 39.7 Å². The van der Waals surface area contributed by atoms with Gasteiger partial charge in [-0.25, -0.2) is 0 Å². The monoisotopic (exact) mass is 296 g/mol. The molecule has 0 unspecified atom stereocenters. The Morgan fingerprint density at radius 1 is 1.25 bits per heavy atom. The highest BCUT2D eigenvalue weighted by atomic mass is 35.5. The first-order valence-electron chi connectivity index (χ1n) is 5.55. The van der Waals surface area contributed by atoms with E-state index in [1.165, 1.54) is 18.2 Å². The first-order valence-corrected chi connectivity index (χ1v) is 5.93. The predicted octanol–water partition coefficient (Wildman–Crippen LogP) is 2.62. The summed E-state index contributed by atoms with van der Waals surface area (Å²) in [5, 5.41) is 10.7. The second-order valence-corrected chi connectivity index (χ2v) is 3.77. The maximum atomic E-state index is 10.9. The molecule has 0 N–H and O–H groups in total. The summed E-state index contributed by atoms with van der Waals surface area (Å²) in [6, 6.07) is 5.66. The van der Waals surface area contributed by atoms with Crippen LogP contribution in [0.25, 0.3) is 0 Å². The van der Waals surface area contributed by atoms with Crippen molar-refractivity contribution >= 4 is 17.3 Å². The molecule has 0 radical (unpaired) electrons. The Hall–Kier alpha value is -2.48. The fourth-order valence-electron chi connectivity index (χ4n) is 1.35. The van der Waals surface area contributed by atoms with Gasteiger partial charge in [0.2, 0.25) is 11.0 Å². The zero-order valence-corrected chi connectivity index (χ0v) is 11.1. The summed E-state index contributed by atoms with van der Waals surface area (Å²) < 4.78 is 10.4. The van der Waals surface area contributed by atoms with Gasteiger partial charge < -0.3 is 9.47 Å². The molecule has 0 saturated heterocycles. The number of nitro benzene ring substituents is 1. The Morgan fingerprint density at radius 2 is 1.95 bits per heavy atom. The van der Waals surface area contributed by atoms with Crippen molar-refractivity contribution in [2.24, 2.45) is 0 Å².